The lowest BCUT2D eigenvalue weighted by Crippen LogP contribution is -2.49. The van der Waals surface area contributed by atoms with Crippen molar-refractivity contribution >= 4 is 17.5 Å². The Morgan fingerprint density at radius 1 is 1.08 bits per heavy atom. The number of anilines is 1. The Balaban J connectivity index is 1.47. The van der Waals surface area contributed by atoms with Crippen molar-refractivity contribution in [2.75, 3.05) is 31.1 Å². The number of fused-ring (bicyclic) bond motifs is 1. The van der Waals surface area contributed by atoms with Gasteiger partial charge in [0.25, 0.3) is 5.91 Å². The van der Waals surface area contributed by atoms with Gasteiger partial charge in [-0.2, -0.15) is 5.10 Å². The van der Waals surface area contributed by atoms with Gasteiger partial charge in [0.15, 0.2) is 5.65 Å². The number of amides is 1. The molecule has 0 unspecified atom stereocenters. The maximum absolute atomic E-state index is 12.7. The van der Waals surface area contributed by atoms with Crippen LogP contribution in [0.25, 0.3) is 5.65 Å². The average Bonchev–Trinajstić information content (AvgIpc) is 3.01. The van der Waals surface area contributed by atoms with Gasteiger partial charge in [-0.1, -0.05) is 0 Å². The number of aryl methyl sites for hydroxylation is 1. The fourth-order valence-electron chi connectivity index (χ4n) is 2.85. The number of aromatic nitrogens is 5. The van der Waals surface area contributed by atoms with Crippen LogP contribution in [0.3, 0.4) is 0 Å². The van der Waals surface area contributed by atoms with Crippen LogP contribution < -0.4 is 4.90 Å². The number of carbonyl (C=O) groups excluding carboxylic acids is 1. The van der Waals surface area contributed by atoms with Crippen molar-refractivity contribution in [1.82, 2.24) is 29.5 Å². The van der Waals surface area contributed by atoms with Crippen LogP contribution in [-0.2, 0) is 0 Å². The summed E-state index contributed by atoms with van der Waals surface area (Å²) in [5.74, 6) is 0.686. The molecule has 1 aliphatic rings. The summed E-state index contributed by atoms with van der Waals surface area (Å²) in [6, 6.07) is 3.68. The Bertz CT molecular complexity index is 869. The number of carbonyl (C=O) groups is 1. The standard InChI is InChI=1S/C16H17N7O/c1-12-9-14-19-10-13(11-23(14)20-12)15(24)21-5-7-22(8-6-21)16-17-3-2-4-18-16/h2-4,9-11H,5-8H2,1H3. The lowest BCUT2D eigenvalue weighted by atomic mass is 10.2. The van der Waals surface area contributed by atoms with Gasteiger partial charge in [0.1, 0.15) is 0 Å². The van der Waals surface area contributed by atoms with Crippen molar-refractivity contribution in [2.45, 2.75) is 6.92 Å². The molecule has 24 heavy (non-hydrogen) atoms. The predicted octanol–water partition coefficient (Wildman–Crippen LogP) is 0.790. The summed E-state index contributed by atoms with van der Waals surface area (Å²) in [6.07, 6.45) is 6.81. The molecule has 0 N–H and O–H groups in total. The molecule has 1 saturated heterocycles. The average molecular weight is 323 g/mol. The van der Waals surface area contributed by atoms with E-state index in [1.807, 2.05) is 17.9 Å². The molecule has 0 bridgehead atoms. The minimum Gasteiger partial charge on any atom is -0.337 e. The van der Waals surface area contributed by atoms with E-state index in [9.17, 15) is 4.79 Å². The van der Waals surface area contributed by atoms with Gasteiger partial charge in [-0.25, -0.2) is 19.5 Å². The summed E-state index contributed by atoms with van der Waals surface area (Å²) < 4.78 is 1.65. The van der Waals surface area contributed by atoms with Crippen LogP contribution in [0.1, 0.15) is 16.1 Å². The van der Waals surface area contributed by atoms with E-state index in [1.165, 1.54) is 0 Å². The first-order valence-corrected chi connectivity index (χ1v) is 7.84. The molecule has 1 fully saturated rings. The Labute approximate surface area is 138 Å². The van der Waals surface area contributed by atoms with E-state index >= 15 is 0 Å². The van der Waals surface area contributed by atoms with E-state index < -0.39 is 0 Å². The van der Waals surface area contributed by atoms with Crippen LogP contribution in [0.15, 0.2) is 36.9 Å². The maximum atomic E-state index is 12.7. The molecule has 3 aromatic rings. The second-order valence-corrected chi connectivity index (χ2v) is 5.76. The lowest BCUT2D eigenvalue weighted by molar-refractivity contribution is 0.0745. The molecule has 4 rings (SSSR count). The first kappa shape index (κ1) is 14.6. The third-order valence-corrected chi connectivity index (χ3v) is 4.08. The maximum Gasteiger partial charge on any atom is 0.257 e. The first-order chi connectivity index (χ1) is 11.7. The van der Waals surface area contributed by atoms with Crippen LogP contribution in [0.5, 0.6) is 0 Å². The van der Waals surface area contributed by atoms with E-state index in [1.54, 1.807) is 35.4 Å². The van der Waals surface area contributed by atoms with E-state index in [4.69, 9.17) is 0 Å². The van der Waals surface area contributed by atoms with E-state index in [0.29, 0.717) is 37.7 Å². The van der Waals surface area contributed by atoms with Gasteiger partial charge in [0.2, 0.25) is 5.95 Å². The van der Waals surface area contributed by atoms with E-state index in [2.05, 4.69) is 25.0 Å². The number of hydrogen-bond donors (Lipinski definition) is 0. The van der Waals surface area contributed by atoms with Crippen molar-refractivity contribution in [3.8, 4) is 0 Å². The Morgan fingerprint density at radius 2 is 1.83 bits per heavy atom. The molecular weight excluding hydrogens is 306 g/mol. The molecule has 0 aromatic carbocycles. The molecule has 4 heterocycles. The number of hydrogen-bond acceptors (Lipinski definition) is 6. The van der Waals surface area contributed by atoms with Crippen molar-refractivity contribution in [2.24, 2.45) is 0 Å². The number of rotatable bonds is 2. The second-order valence-electron chi connectivity index (χ2n) is 5.76. The van der Waals surface area contributed by atoms with Crippen molar-refractivity contribution in [3.05, 3.63) is 48.2 Å². The summed E-state index contributed by atoms with van der Waals surface area (Å²) in [5.41, 5.74) is 2.17. The number of piperazine rings is 1. The van der Waals surface area contributed by atoms with Crippen molar-refractivity contribution in [3.63, 3.8) is 0 Å². The number of nitrogens with zero attached hydrogens (tertiary/aromatic N) is 7. The highest BCUT2D eigenvalue weighted by molar-refractivity contribution is 5.94. The zero-order valence-corrected chi connectivity index (χ0v) is 13.3. The van der Waals surface area contributed by atoms with Gasteiger partial charge >= 0.3 is 0 Å². The summed E-state index contributed by atoms with van der Waals surface area (Å²) in [6.45, 7) is 4.60. The topological polar surface area (TPSA) is 79.5 Å². The highest BCUT2D eigenvalue weighted by atomic mass is 16.2. The third kappa shape index (κ3) is 2.66. The summed E-state index contributed by atoms with van der Waals surface area (Å²) in [4.78, 5) is 29.4. The van der Waals surface area contributed by atoms with Gasteiger partial charge in [-0.05, 0) is 13.0 Å². The molecule has 8 nitrogen and oxygen atoms in total. The molecule has 0 spiro atoms. The molecule has 0 atom stereocenters. The minimum absolute atomic E-state index is 0.0221. The smallest absolute Gasteiger partial charge is 0.257 e. The van der Waals surface area contributed by atoms with E-state index in [0.717, 1.165) is 11.3 Å². The second kappa shape index (κ2) is 5.88. The van der Waals surface area contributed by atoms with Crippen LogP contribution in [0.4, 0.5) is 5.95 Å². The van der Waals surface area contributed by atoms with Gasteiger partial charge < -0.3 is 9.80 Å². The van der Waals surface area contributed by atoms with Crippen LogP contribution in [-0.4, -0.2) is 61.6 Å². The normalized spacial score (nSPS) is 15.0. The van der Waals surface area contributed by atoms with Gasteiger partial charge in [-0.3, -0.25) is 4.79 Å². The predicted molar refractivity (Wildman–Crippen MR) is 87.9 cm³/mol. The Hall–Kier alpha value is -3.03. The highest BCUT2D eigenvalue weighted by Gasteiger charge is 2.23. The van der Waals surface area contributed by atoms with E-state index in [-0.39, 0.29) is 5.91 Å². The third-order valence-electron chi connectivity index (χ3n) is 4.08. The van der Waals surface area contributed by atoms with Crippen molar-refractivity contribution in [1.29, 1.82) is 0 Å². The molecule has 8 heteroatoms. The SMILES string of the molecule is Cc1cc2ncc(C(=O)N3CCN(c4ncccn4)CC3)cn2n1. The van der Waals surface area contributed by atoms with Gasteiger partial charge in [0.05, 0.1) is 11.3 Å². The summed E-state index contributed by atoms with van der Waals surface area (Å²) in [7, 11) is 0. The molecule has 1 amide bonds. The van der Waals surface area contributed by atoms with Gasteiger partial charge in [-0.15, -0.1) is 0 Å². The van der Waals surface area contributed by atoms with Crippen LogP contribution in [0.2, 0.25) is 0 Å². The zero-order valence-electron chi connectivity index (χ0n) is 13.3. The quantitative estimate of drug-likeness (QED) is 0.694. The Morgan fingerprint density at radius 3 is 2.58 bits per heavy atom. The summed E-state index contributed by atoms with van der Waals surface area (Å²) in [5, 5.41) is 4.31. The monoisotopic (exact) mass is 323 g/mol. The highest BCUT2D eigenvalue weighted by Crippen LogP contribution is 2.13. The largest absolute Gasteiger partial charge is 0.337 e. The van der Waals surface area contributed by atoms with Crippen molar-refractivity contribution < 1.29 is 4.79 Å². The molecule has 0 saturated carbocycles. The fraction of sp³-hybridized carbons (Fsp3) is 0.312. The van der Waals surface area contributed by atoms with Crippen LogP contribution >= 0.6 is 0 Å². The van der Waals surface area contributed by atoms with Gasteiger partial charge in [0, 0.05) is 57.0 Å². The molecule has 1 aliphatic heterocycles. The minimum atomic E-state index is -0.0221. The molecule has 0 radical (unpaired) electrons. The fourth-order valence-corrected chi connectivity index (χ4v) is 2.85. The molecular formula is C16H17N7O. The molecule has 3 aromatic heterocycles. The Kier molecular flexibility index (Phi) is 3.56. The zero-order chi connectivity index (χ0) is 16.5. The summed E-state index contributed by atoms with van der Waals surface area (Å²) >= 11 is 0. The molecule has 122 valence electrons. The molecule has 0 aliphatic carbocycles. The lowest BCUT2D eigenvalue weighted by Gasteiger charge is -2.34. The van der Waals surface area contributed by atoms with Crippen LogP contribution in [0, 0.1) is 6.92 Å². The first-order valence-electron chi connectivity index (χ1n) is 7.84.